The van der Waals surface area contributed by atoms with Gasteiger partial charge in [0.15, 0.2) is 0 Å². The molecule has 0 saturated heterocycles. The summed E-state index contributed by atoms with van der Waals surface area (Å²) in [4.78, 5) is 0. The van der Waals surface area contributed by atoms with Gasteiger partial charge in [0.25, 0.3) is 0 Å². The van der Waals surface area contributed by atoms with Crippen molar-refractivity contribution in [2.24, 2.45) is 0 Å². The van der Waals surface area contributed by atoms with Crippen LogP contribution in [0.5, 0.6) is 0 Å². The summed E-state index contributed by atoms with van der Waals surface area (Å²) in [6.45, 7) is 3.67. The first-order valence-corrected chi connectivity index (χ1v) is 4.89. The number of aliphatic hydroxyl groups excluding tert-OH is 2. The Morgan fingerprint density at radius 2 is 1.58 bits per heavy atom. The van der Waals surface area contributed by atoms with Crippen LogP contribution < -0.4 is 0 Å². The summed E-state index contributed by atoms with van der Waals surface area (Å²) in [6, 6.07) is 0. The van der Waals surface area contributed by atoms with Gasteiger partial charge >= 0.3 is 0 Å². The molecule has 0 amide bonds. The highest BCUT2D eigenvalue weighted by Gasteiger charge is 1.99. The second-order valence-electron chi connectivity index (χ2n) is 3.25. The van der Waals surface area contributed by atoms with Gasteiger partial charge in [-0.05, 0) is 6.42 Å². The van der Waals surface area contributed by atoms with Crippen molar-refractivity contribution in [1.82, 2.24) is 0 Å². The molecule has 1 radical (unpaired) electrons. The van der Waals surface area contributed by atoms with Gasteiger partial charge in [-0.1, -0.05) is 45.4 Å². The molecule has 0 heterocycles. The van der Waals surface area contributed by atoms with Crippen LogP contribution in [0.1, 0.15) is 44.9 Å². The Hall–Kier alpha value is -0.0800. The molecule has 0 spiro atoms. The van der Waals surface area contributed by atoms with Crippen molar-refractivity contribution in [3.63, 3.8) is 0 Å². The molecule has 0 aromatic carbocycles. The number of aliphatic hydroxyl groups is 2. The normalized spacial score (nSPS) is 13.2. The minimum absolute atomic E-state index is 0.0983. The summed E-state index contributed by atoms with van der Waals surface area (Å²) in [6.07, 6.45) is 7.14. The second-order valence-corrected chi connectivity index (χ2v) is 3.25. The lowest BCUT2D eigenvalue weighted by Gasteiger charge is -2.05. The fourth-order valence-corrected chi connectivity index (χ4v) is 1.18. The zero-order chi connectivity index (χ0) is 9.23. The SMILES string of the molecule is [CH2]CCCCCCCC(O)CO. The van der Waals surface area contributed by atoms with Gasteiger partial charge in [-0.2, -0.15) is 0 Å². The molecular weight excluding hydrogens is 152 g/mol. The van der Waals surface area contributed by atoms with Crippen LogP contribution in [0.2, 0.25) is 0 Å². The van der Waals surface area contributed by atoms with Crippen molar-refractivity contribution in [2.75, 3.05) is 6.61 Å². The average Bonchev–Trinajstić information content (AvgIpc) is 2.10. The van der Waals surface area contributed by atoms with Crippen LogP contribution in [-0.2, 0) is 0 Å². The van der Waals surface area contributed by atoms with E-state index < -0.39 is 6.10 Å². The molecule has 0 aromatic rings. The minimum atomic E-state index is -0.502. The predicted molar refractivity (Wildman–Crippen MR) is 50.8 cm³/mol. The quantitative estimate of drug-likeness (QED) is 0.550. The van der Waals surface area contributed by atoms with Crippen molar-refractivity contribution in [3.05, 3.63) is 6.92 Å². The Morgan fingerprint density at radius 1 is 1.00 bits per heavy atom. The van der Waals surface area contributed by atoms with E-state index in [0.29, 0.717) is 0 Å². The number of hydrogen-bond donors (Lipinski definition) is 2. The van der Waals surface area contributed by atoms with E-state index in [-0.39, 0.29) is 6.61 Å². The fourth-order valence-electron chi connectivity index (χ4n) is 1.18. The first kappa shape index (κ1) is 11.9. The van der Waals surface area contributed by atoms with Crippen LogP contribution in [0.25, 0.3) is 0 Å². The first-order valence-electron chi connectivity index (χ1n) is 4.89. The summed E-state index contributed by atoms with van der Waals surface area (Å²) in [7, 11) is 0. The molecular formula is C10H21O2. The van der Waals surface area contributed by atoms with Crippen LogP contribution in [0.3, 0.4) is 0 Å². The lowest BCUT2D eigenvalue weighted by Crippen LogP contribution is -2.10. The van der Waals surface area contributed by atoms with E-state index in [1.807, 2.05) is 0 Å². The van der Waals surface area contributed by atoms with E-state index in [9.17, 15) is 0 Å². The largest absolute Gasteiger partial charge is 0.394 e. The molecule has 1 atom stereocenters. The molecule has 2 N–H and O–H groups in total. The third-order valence-corrected chi connectivity index (χ3v) is 2.00. The molecule has 0 aliphatic carbocycles. The van der Waals surface area contributed by atoms with Crippen LogP contribution in [0.15, 0.2) is 0 Å². The van der Waals surface area contributed by atoms with Gasteiger partial charge in [0.1, 0.15) is 0 Å². The second kappa shape index (κ2) is 9.01. The van der Waals surface area contributed by atoms with Crippen molar-refractivity contribution >= 4 is 0 Å². The summed E-state index contributed by atoms with van der Waals surface area (Å²) in [5, 5.41) is 17.5. The Labute approximate surface area is 75.6 Å². The van der Waals surface area contributed by atoms with E-state index >= 15 is 0 Å². The van der Waals surface area contributed by atoms with Gasteiger partial charge in [-0.3, -0.25) is 0 Å². The smallest absolute Gasteiger partial charge is 0.0770 e. The summed E-state index contributed by atoms with van der Waals surface area (Å²) < 4.78 is 0. The summed E-state index contributed by atoms with van der Waals surface area (Å²) in [5.74, 6) is 0. The zero-order valence-corrected chi connectivity index (χ0v) is 7.84. The van der Waals surface area contributed by atoms with Gasteiger partial charge in [-0.15, -0.1) is 0 Å². The van der Waals surface area contributed by atoms with E-state index in [4.69, 9.17) is 10.2 Å². The van der Waals surface area contributed by atoms with Crippen molar-refractivity contribution in [1.29, 1.82) is 0 Å². The molecule has 2 heteroatoms. The molecule has 73 valence electrons. The van der Waals surface area contributed by atoms with Gasteiger partial charge in [-0.25, -0.2) is 0 Å². The highest BCUT2D eigenvalue weighted by atomic mass is 16.3. The number of unbranched alkanes of at least 4 members (excludes halogenated alkanes) is 5. The van der Waals surface area contributed by atoms with Crippen LogP contribution in [0, 0.1) is 6.92 Å². The average molecular weight is 173 g/mol. The first-order chi connectivity index (χ1) is 5.81. The molecule has 0 fully saturated rings. The maximum absolute atomic E-state index is 9.00. The third-order valence-electron chi connectivity index (χ3n) is 2.00. The molecule has 0 rings (SSSR count). The Bertz CT molecular complexity index is 83.9. The number of rotatable bonds is 8. The van der Waals surface area contributed by atoms with Crippen molar-refractivity contribution < 1.29 is 10.2 Å². The lowest BCUT2D eigenvalue weighted by atomic mass is 10.1. The molecule has 0 aromatic heterocycles. The summed E-state index contributed by atoms with van der Waals surface area (Å²) >= 11 is 0. The minimum Gasteiger partial charge on any atom is -0.394 e. The Balaban J connectivity index is 2.90. The van der Waals surface area contributed by atoms with E-state index in [2.05, 4.69) is 6.92 Å². The molecule has 0 saturated carbocycles. The third kappa shape index (κ3) is 8.02. The highest BCUT2D eigenvalue weighted by Crippen LogP contribution is 2.07. The highest BCUT2D eigenvalue weighted by molar-refractivity contribution is 4.53. The topological polar surface area (TPSA) is 40.5 Å². The standard InChI is InChI=1S/C10H21O2/c1-2-3-4-5-6-7-8-10(12)9-11/h10-12H,1-9H2. The molecule has 1 unspecified atom stereocenters. The van der Waals surface area contributed by atoms with Crippen LogP contribution in [0.4, 0.5) is 0 Å². The van der Waals surface area contributed by atoms with Crippen LogP contribution >= 0.6 is 0 Å². The molecule has 0 aliphatic rings. The maximum atomic E-state index is 9.00. The van der Waals surface area contributed by atoms with Gasteiger partial charge in [0.05, 0.1) is 12.7 Å². The van der Waals surface area contributed by atoms with Crippen molar-refractivity contribution in [3.8, 4) is 0 Å². The lowest BCUT2D eigenvalue weighted by molar-refractivity contribution is 0.0860. The van der Waals surface area contributed by atoms with E-state index in [1.165, 1.54) is 19.3 Å². The van der Waals surface area contributed by atoms with Gasteiger partial charge in [0.2, 0.25) is 0 Å². The molecule has 12 heavy (non-hydrogen) atoms. The molecule has 0 bridgehead atoms. The maximum Gasteiger partial charge on any atom is 0.0770 e. The molecule has 0 aliphatic heterocycles. The van der Waals surface area contributed by atoms with E-state index in [1.54, 1.807) is 0 Å². The monoisotopic (exact) mass is 173 g/mol. The van der Waals surface area contributed by atoms with Gasteiger partial charge in [0, 0.05) is 0 Å². The predicted octanol–water partition coefficient (Wildman–Crippen LogP) is 1.90. The fraction of sp³-hybridized carbons (Fsp3) is 0.900. The zero-order valence-electron chi connectivity index (χ0n) is 7.84. The van der Waals surface area contributed by atoms with Crippen LogP contribution in [-0.4, -0.2) is 22.9 Å². The number of hydrogen-bond acceptors (Lipinski definition) is 2. The van der Waals surface area contributed by atoms with Crippen molar-refractivity contribution in [2.45, 2.75) is 51.0 Å². The Morgan fingerprint density at radius 3 is 2.17 bits per heavy atom. The van der Waals surface area contributed by atoms with E-state index in [0.717, 1.165) is 25.7 Å². The molecule has 2 nitrogen and oxygen atoms in total. The van der Waals surface area contributed by atoms with Gasteiger partial charge < -0.3 is 10.2 Å². The Kier molecular flexibility index (Phi) is 8.95. The summed E-state index contributed by atoms with van der Waals surface area (Å²) in [5.41, 5.74) is 0.